The molecule has 2 N–H and O–H groups in total. The molecule has 0 aliphatic carbocycles. The fourth-order valence-electron chi connectivity index (χ4n) is 3.70. The van der Waals surface area contributed by atoms with Gasteiger partial charge in [0, 0.05) is 18.2 Å². The minimum absolute atomic E-state index is 0.0427. The predicted octanol–water partition coefficient (Wildman–Crippen LogP) is 2.56. The van der Waals surface area contributed by atoms with Gasteiger partial charge in [0.1, 0.15) is 23.8 Å². The number of aromatic nitrogens is 3. The van der Waals surface area contributed by atoms with E-state index in [4.69, 9.17) is 9.26 Å². The van der Waals surface area contributed by atoms with E-state index in [-0.39, 0.29) is 36.2 Å². The summed E-state index contributed by atoms with van der Waals surface area (Å²) in [6, 6.07) is 9.37. The lowest BCUT2D eigenvalue weighted by atomic mass is 10.1. The van der Waals surface area contributed by atoms with Gasteiger partial charge < -0.3 is 19.9 Å². The number of carbonyl (C=O) groups excluding carboxylic acids is 2. The zero-order valence-electron chi connectivity index (χ0n) is 18.6. The lowest BCUT2D eigenvalue weighted by Gasteiger charge is -2.12. The molecule has 0 spiro atoms. The van der Waals surface area contributed by atoms with E-state index in [0.717, 1.165) is 17.0 Å². The van der Waals surface area contributed by atoms with Crippen LogP contribution in [0.2, 0.25) is 0 Å². The quantitative estimate of drug-likeness (QED) is 0.588. The number of nitrogens with one attached hydrogen (secondary N) is 2. The topological polar surface area (TPSA) is 111 Å². The Morgan fingerprint density at radius 3 is 2.78 bits per heavy atom. The third-order valence-corrected chi connectivity index (χ3v) is 5.27. The molecule has 0 fully saturated rings. The summed E-state index contributed by atoms with van der Waals surface area (Å²) in [7, 11) is 0. The second-order valence-corrected chi connectivity index (χ2v) is 8.38. The van der Waals surface area contributed by atoms with Gasteiger partial charge in [0.15, 0.2) is 5.69 Å². The Balaban J connectivity index is 1.38. The van der Waals surface area contributed by atoms with Crippen LogP contribution in [0.4, 0.5) is 0 Å². The Morgan fingerprint density at radius 2 is 2.06 bits per heavy atom. The van der Waals surface area contributed by atoms with Gasteiger partial charge >= 0.3 is 0 Å². The average molecular weight is 438 g/mol. The Bertz CT molecular complexity index is 1120. The van der Waals surface area contributed by atoms with Crippen molar-refractivity contribution >= 4 is 11.8 Å². The minimum atomic E-state index is -0.321. The minimum Gasteiger partial charge on any atom is -0.489 e. The number of rotatable bonds is 7. The van der Waals surface area contributed by atoms with Gasteiger partial charge in [-0.3, -0.25) is 14.3 Å². The van der Waals surface area contributed by atoms with Crippen molar-refractivity contribution in [3.05, 3.63) is 64.3 Å². The summed E-state index contributed by atoms with van der Waals surface area (Å²) in [6.07, 6.45) is 0.583. The number of benzene rings is 1. The smallest absolute Gasteiger partial charge is 0.274 e. The molecule has 32 heavy (non-hydrogen) atoms. The number of aryl methyl sites for hydroxylation is 2. The normalized spacial score (nSPS) is 15.0. The molecule has 1 aliphatic rings. The zero-order valence-corrected chi connectivity index (χ0v) is 18.6. The molecule has 1 aliphatic heterocycles. The summed E-state index contributed by atoms with van der Waals surface area (Å²) in [4.78, 5) is 25.0. The van der Waals surface area contributed by atoms with Crippen LogP contribution in [-0.4, -0.2) is 38.8 Å². The Kier molecular flexibility index (Phi) is 5.98. The third-order valence-electron chi connectivity index (χ3n) is 5.27. The number of fused-ring (bicyclic) bond motifs is 1. The van der Waals surface area contributed by atoms with Gasteiger partial charge in [-0.05, 0) is 51.5 Å². The second kappa shape index (κ2) is 8.86. The van der Waals surface area contributed by atoms with E-state index in [0.29, 0.717) is 30.0 Å². The Morgan fingerprint density at radius 1 is 1.25 bits per heavy atom. The molecule has 0 bridgehead atoms. The lowest BCUT2D eigenvalue weighted by Crippen LogP contribution is -2.37. The highest BCUT2D eigenvalue weighted by Crippen LogP contribution is 2.20. The number of ether oxygens (including phenoxy) is 1. The van der Waals surface area contributed by atoms with Crippen LogP contribution in [0, 0.1) is 13.8 Å². The molecule has 2 amide bonds. The number of hydrogen-bond acceptors (Lipinski definition) is 6. The first-order valence-electron chi connectivity index (χ1n) is 10.6. The standard InChI is InChI=1S/C23H27N5O4/c1-13(2)24-22(29)20-10-17-9-16(11-28(17)26-20)25-23(30)21-19(15(4)32-27-21)12-31-18-7-5-6-14(3)8-18/h5-8,10,13,16H,9,11-12H2,1-4H3,(H,24,29)(H,25,30)/t16-/m0/s1. The van der Waals surface area contributed by atoms with E-state index < -0.39 is 0 Å². The van der Waals surface area contributed by atoms with Gasteiger partial charge in [0.25, 0.3) is 11.8 Å². The van der Waals surface area contributed by atoms with Crippen molar-refractivity contribution in [3.63, 3.8) is 0 Å². The van der Waals surface area contributed by atoms with Gasteiger partial charge in [-0.2, -0.15) is 5.10 Å². The molecule has 1 aromatic carbocycles. The van der Waals surface area contributed by atoms with Gasteiger partial charge in [-0.1, -0.05) is 17.3 Å². The van der Waals surface area contributed by atoms with Crippen molar-refractivity contribution < 1.29 is 18.8 Å². The number of nitrogens with zero attached hydrogens (tertiary/aromatic N) is 3. The van der Waals surface area contributed by atoms with Crippen molar-refractivity contribution in [1.82, 2.24) is 25.6 Å². The van der Waals surface area contributed by atoms with Crippen LogP contribution in [0.5, 0.6) is 5.75 Å². The predicted molar refractivity (Wildman–Crippen MR) is 117 cm³/mol. The molecule has 0 saturated carbocycles. The van der Waals surface area contributed by atoms with Crippen LogP contribution >= 0.6 is 0 Å². The molecule has 0 radical (unpaired) electrons. The Hall–Kier alpha value is -3.62. The highest BCUT2D eigenvalue weighted by atomic mass is 16.5. The maximum absolute atomic E-state index is 12.9. The summed E-state index contributed by atoms with van der Waals surface area (Å²) in [5, 5.41) is 14.1. The van der Waals surface area contributed by atoms with Gasteiger partial charge in [0.05, 0.1) is 18.2 Å². The molecule has 168 valence electrons. The maximum Gasteiger partial charge on any atom is 0.274 e. The monoisotopic (exact) mass is 437 g/mol. The second-order valence-electron chi connectivity index (χ2n) is 8.38. The van der Waals surface area contributed by atoms with E-state index in [9.17, 15) is 9.59 Å². The molecule has 0 saturated heterocycles. The van der Waals surface area contributed by atoms with E-state index in [1.165, 1.54) is 0 Å². The first-order chi connectivity index (χ1) is 15.3. The highest BCUT2D eigenvalue weighted by Gasteiger charge is 2.29. The van der Waals surface area contributed by atoms with Gasteiger partial charge in [0.2, 0.25) is 0 Å². The summed E-state index contributed by atoms with van der Waals surface area (Å²) < 4.78 is 12.9. The lowest BCUT2D eigenvalue weighted by molar-refractivity contribution is 0.0917. The fourth-order valence-corrected chi connectivity index (χ4v) is 3.70. The fraction of sp³-hybridized carbons (Fsp3) is 0.391. The van der Waals surface area contributed by atoms with E-state index in [2.05, 4.69) is 20.9 Å². The summed E-state index contributed by atoms with van der Waals surface area (Å²) in [5.74, 6) is 0.746. The first kappa shape index (κ1) is 21.6. The van der Waals surface area contributed by atoms with Crippen LogP contribution in [0.25, 0.3) is 0 Å². The van der Waals surface area contributed by atoms with Crippen molar-refractivity contribution in [2.45, 2.75) is 59.4 Å². The third kappa shape index (κ3) is 4.66. The molecule has 3 heterocycles. The molecule has 9 heteroatoms. The van der Waals surface area contributed by atoms with Crippen molar-refractivity contribution in [1.29, 1.82) is 0 Å². The number of amides is 2. The summed E-state index contributed by atoms with van der Waals surface area (Å²) >= 11 is 0. The van der Waals surface area contributed by atoms with Crippen molar-refractivity contribution in [2.75, 3.05) is 0 Å². The molecule has 4 rings (SSSR count). The molecule has 0 unspecified atom stereocenters. The largest absolute Gasteiger partial charge is 0.489 e. The van der Waals surface area contributed by atoms with Crippen LogP contribution in [0.1, 0.15) is 57.4 Å². The van der Waals surface area contributed by atoms with Gasteiger partial charge in [-0.25, -0.2) is 0 Å². The maximum atomic E-state index is 12.9. The number of hydrogen-bond donors (Lipinski definition) is 2. The highest BCUT2D eigenvalue weighted by molar-refractivity contribution is 5.94. The SMILES string of the molecule is Cc1cccc(OCc2c(C(=O)N[C@H]3Cc4cc(C(=O)NC(C)C)nn4C3)noc2C)c1. The molecule has 1 atom stereocenters. The molecular weight excluding hydrogens is 410 g/mol. The van der Waals surface area contributed by atoms with Gasteiger partial charge in [-0.15, -0.1) is 0 Å². The zero-order chi connectivity index (χ0) is 22.8. The van der Waals surface area contributed by atoms with Crippen molar-refractivity contribution in [3.8, 4) is 5.75 Å². The molecular formula is C23H27N5O4. The molecule has 3 aromatic rings. The first-order valence-corrected chi connectivity index (χ1v) is 10.6. The van der Waals surface area contributed by atoms with Crippen LogP contribution in [-0.2, 0) is 19.6 Å². The molecule has 9 nitrogen and oxygen atoms in total. The van der Waals surface area contributed by atoms with Crippen molar-refractivity contribution in [2.24, 2.45) is 0 Å². The molecule has 2 aromatic heterocycles. The number of carbonyl (C=O) groups is 2. The van der Waals surface area contributed by atoms with Crippen LogP contribution in [0.15, 0.2) is 34.9 Å². The van der Waals surface area contributed by atoms with E-state index in [1.54, 1.807) is 17.7 Å². The summed E-state index contributed by atoms with van der Waals surface area (Å²) in [5.41, 5.74) is 3.22. The summed E-state index contributed by atoms with van der Waals surface area (Å²) in [6.45, 7) is 8.22. The average Bonchev–Trinajstić information content (AvgIpc) is 3.39. The van der Waals surface area contributed by atoms with E-state index >= 15 is 0 Å². The van der Waals surface area contributed by atoms with Crippen LogP contribution in [0.3, 0.4) is 0 Å². The Labute approximate surface area is 186 Å². The van der Waals surface area contributed by atoms with E-state index in [1.807, 2.05) is 45.0 Å². The van der Waals surface area contributed by atoms with Crippen LogP contribution < -0.4 is 15.4 Å².